The van der Waals surface area contributed by atoms with E-state index in [1.54, 1.807) is 29.1 Å². The summed E-state index contributed by atoms with van der Waals surface area (Å²) in [5.74, 6) is 2.22. The summed E-state index contributed by atoms with van der Waals surface area (Å²) in [7, 11) is -3.53. The van der Waals surface area contributed by atoms with E-state index in [2.05, 4.69) is 20.0 Å². The molecule has 1 saturated heterocycles. The van der Waals surface area contributed by atoms with Crippen molar-refractivity contribution in [1.29, 1.82) is 0 Å². The first kappa shape index (κ1) is 18.1. The highest BCUT2D eigenvalue weighted by Crippen LogP contribution is 2.29. The number of ether oxygens (including phenoxy) is 1. The fourth-order valence-electron chi connectivity index (χ4n) is 3.67. The molecule has 0 atom stereocenters. The third-order valence-corrected chi connectivity index (χ3v) is 7.13. The molecule has 4 heterocycles. The zero-order valence-electron chi connectivity index (χ0n) is 15.7. The van der Waals surface area contributed by atoms with Crippen molar-refractivity contribution in [3.05, 3.63) is 54.6 Å². The maximum Gasteiger partial charge on any atom is 0.243 e. The number of anilines is 1. The van der Waals surface area contributed by atoms with Crippen molar-refractivity contribution in [1.82, 2.24) is 24.1 Å². The molecule has 0 amide bonds. The van der Waals surface area contributed by atoms with Crippen LogP contribution >= 0.6 is 0 Å². The molecule has 1 aromatic carbocycles. The lowest BCUT2D eigenvalue weighted by Crippen LogP contribution is -2.49. The molecule has 0 aliphatic carbocycles. The monoisotopic (exact) mass is 412 g/mol. The van der Waals surface area contributed by atoms with Crippen LogP contribution in [-0.4, -0.2) is 65.3 Å². The molecule has 0 N–H and O–H groups in total. The molecule has 10 heteroatoms. The maximum atomic E-state index is 13.1. The van der Waals surface area contributed by atoms with E-state index in [-0.39, 0.29) is 0 Å². The topological polar surface area (TPSA) is 93.5 Å². The van der Waals surface area contributed by atoms with Crippen LogP contribution in [0.4, 0.5) is 5.82 Å². The molecule has 0 bridgehead atoms. The van der Waals surface area contributed by atoms with E-state index in [1.807, 2.05) is 18.3 Å². The van der Waals surface area contributed by atoms with Crippen molar-refractivity contribution in [2.24, 2.45) is 0 Å². The van der Waals surface area contributed by atoms with Gasteiger partial charge in [0.2, 0.25) is 10.0 Å². The first-order valence-corrected chi connectivity index (χ1v) is 10.9. The predicted molar refractivity (Wildman–Crippen MR) is 106 cm³/mol. The summed E-state index contributed by atoms with van der Waals surface area (Å²) in [5, 5.41) is 4.19. The first-order valence-electron chi connectivity index (χ1n) is 9.44. The Kier molecular flexibility index (Phi) is 4.44. The van der Waals surface area contributed by atoms with Crippen LogP contribution in [0.5, 0.6) is 5.75 Å². The Morgan fingerprint density at radius 2 is 1.83 bits per heavy atom. The number of hydrogen-bond acceptors (Lipinski definition) is 7. The van der Waals surface area contributed by atoms with E-state index in [0.29, 0.717) is 43.5 Å². The van der Waals surface area contributed by atoms with Gasteiger partial charge in [0.05, 0.1) is 11.5 Å². The van der Waals surface area contributed by atoms with Crippen LogP contribution in [0.3, 0.4) is 0 Å². The van der Waals surface area contributed by atoms with Gasteiger partial charge in [-0.15, -0.1) is 0 Å². The molecule has 0 unspecified atom stereocenters. The van der Waals surface area contributed by atoms with Gasteiger partial charge in [-0.25, -0.2) is 23.1 Å². The zero-order chi connectivity index (χ0) is 19.8. The Morgan fingerprint density at radius 3 is 2.62 bits per heavy atom. The average Bonchev–Trinajstić information content (AvgIpc) is 3.45. The molecule has 2 aromatic heterocycles. The Labute approximate surface area is 168 Å². The summed E-state index contributed by atoms with van der Waals surface area (Å²) in [6.07, 6.45) is 5.76. The highest BCUT2D eigenvalue weighted by atomic mass is 32.2. The normalized spacial score (nSPS) is 17.2. The molecule has 9 nitrogen and oxygen atoms in total. The van der Waals surface area contributed by atoms with Crippen LogP contribution in [0.15, 0.2) is 53.9 Å². The van der Waals surface area contributed by atoms with Crippen molar-refractivity contribution in [2.45, 2.75) is 11.3 Å². The van der Waals surface area contributed by atoms with Crippen molar-refractivity contribution < 1.29 is 13.2 Å². The standard InChI is InChI=1S/C19H20N6O3S/c26-29(27,16-2-3-17-15(12-16)4-11-28-17)24-9-7-23(8-10-24)18-13-19(21-14-20-18)25-6-1-5-22-25/h1-3,5-6,12-14H,4,7-11H2. The SMILES string of the molecule is O=S(=O)(c1ccc2c(c1)CCO2)N1CCN(c2cc(-n3cccn3)ncn2)CC1. The minimum Gasteiger partial charge on any atom is -0.493 e. The van der Waals surface area contributed by atoms with Gasteiger partial charge in [-0.3, -0.25) is 0 Å². The highest BCUT2D eigenvalue weighted by Gasteiger charge is 2.30. The van der Waals surface area contributed by atoms with Gasteiger partial charge in [-0.05, 0) is 29.8 Å². The maximum absolute atomic E-state index is 13.1. The number of sulfonamides is 1. The number of aromatic nitrogens is 4. The van der Waals surface area contributed by atoms with Crippen molar-refractivity contribution in [2.75, 3.05) is 37.7 Å². The minimum absolute atomic E-state index is 0.332. The number of nitrogens with zero attached hydrogens (tertiary/aromatic N) is 6. The van der Waals surface area contributed by atoms with Crippen molar-refractivity contribution in [3.63, 3.8) is 0 Å². The lowest BCUT2D eigenvalue weighted by Gasteiger charge is -2.34. The van der Waals surface area contributed by atoms with E-state index in [0.717, 1.165) is 23.6 Å². The third kappa shape index (κ3) is 3.34. The Morgan fingerprint density at radius 1 is 1.00 bits per heavy atom. The van der Waals surface area contributed by atoms with Gasteiger partial charge in [0.15, 0.2) is 5.82 Å². The fourth-order valence-corrected chi connectivity index (χ4v) is 5.14. The van der Waals surface area contributed by atoms with Gasteiger partial charge in [0.1, 0.15) is 17.9 Å². The van der Waals surface area contributed by atoms with Crippen LogP contribution in [0, 0.1) is 0 Å². The number of piperazine rings is 1. The Balaban J connectivity index is 1.31. The molecule has 0 spiro atoms. The fraction of sp³-hybridized carbons (Fsp3) is 0.316. The quantitative estimate of drug-likeness (QED) is 0.634. The van der Waals surface area contributed by atoms with Crippen LogP contribution < -0.4 is 9.64 Å². The summed E-state index contributed by atoms with van der Waals surface area (Å²) < 4.78 is 34.8. The van der Waals surface area contributed by atoms with Gasteiger partial charge in [-0.1, -0.05) is 0 Å². The second-order valence-corrected chi connectivity index (χ2v) is 8.88. The molecule has 29 heavy (non-hydrogen) atoms. The Hall–Kier alpha value is -2.98. The molecule has 0 saturated carbocycles. The third-order valence-electron chi connectivity index (χ3n) is 5.24. The van der Waals surface area contributed by atoms with Gasteiger partial charge in [0.25, 0.3) is 0 Å². The summed E-state index contributed by atoms with van der Waals surface area (Å²) in [5.41, 5.74) is 0.955. The molecular weight excluding hydrogens is 392 g/mol. The number of hydrogen-bond donors (Lipinski definition) is 0. The van der Waals surface area contributed by atoms with Crippen molar-refractivity contribution in [3.8, 4) is 11.6 Å². The van der Waals surface area contributed by atoms with Crippen LogP contribution in [-0.2, 0) is 16.4 Å². The van der Waals surface area contributed by atoms with E-state index < -0.39 is 10.0 Å². The van der Waals surface area contributed by atoms with Crippen LogP contribution in [0.25, 0.3) is 5.82 Å². The Bertz CT molecular complexity index is 1120. The molecule has 5 rings (SSSR count). The van der Waals surface area contributed by atoms with Crippen LogP contribution in [0.2, 0.25) is 0 Å². The van der Waals surface area contributed by atoms with E-state index in [4.69, 9.17) is 4.74 Å². The summed E-state index contributed by atoms with van der Waals surface area (Å²) in [6, 6.07) is 8.81. The zero-order valence-corrected chi connectivity index (χ0v) is 16.5. The summed E-state index contributed by atoms with van der Waals surface area (Å²) in [6.45, 7) is 2.52. The number of benzene rings is 1. The van der Waals surface area contributed by atoms with Gasteiger partial charge >= 0.3 is 0 Å². The smallest absolute Gasteiger partial charge is 0.243 e. The molecule has 1 fully saturated rings. The van der Waals surface area contributed by atoms with E-state index in [1.165, 1.54) is 10.6 Å². The largest absolute Gasteiger partial charge is 0.493 e. The van der Waals surface area contributed by atoms with Gasteiger partial charge in [0, 0.05) is 51.1 Å². The summed E-state index contributed by atoms with van der Waals surface area (Å²) >= 11 is 0. The van der Waals surface area contributed by atoms with E-state index >= 15 is 0 Å². The lowest BCUT2D eigenvalue weighted by atomic mass is 10.2. The number of fused-ring (bicyclic) bond motifs is 1. The highest BCUT2D eigenvalue weighted by molar-refractivity contribution is 7.89. The molecule has 150 valence electrons. The summed E-state index contributed by atoms with van der Waals surface area (Å²) in [4.78, 5) is 11.0. The first-order chi connectivity index (χ1) is 14.1. The second kappa shape index (κ2) is 7.12. The van der Waals surface area contributed by atoms with Crippen LogP contribution in [0.1, 0.15) is 5.56 Å². The van der Waals surface area contributed by atoms with Gasteiger partial charge < -0.3 is 9.64 Å². The molecule has 3 aromatic rings. The number of rotatable bonds is 4. The second-order valence-electron chi connectivity index (χ2n) is 6.94. The molecule has 2 aliphatic rings. The lowest BCUT2D eigenvalue weighted by molar-refractivity contribution is 0.356. The predicted octanol–water partition coefficient (Wildman–Crippen LogP) is 1.11. The van der Waals surface area contributed by atoms with E-state index in [9.17, 15) is 8.42 Å². The minimum atomic E-state index is -3.53. The van der Waals surface area contributed by atoms with Crippen molar-refractivity contribution >= 4 is 15.8 Å². The molecular formula is C19H20N6O3S. The van der Waals surface area contributed by atoms with Gasteiger partial charge in [-0.2, -0.15) is 9.40 Å². The molecule has 0 radical (unpaired) electrons. The average molecular weight is 412 g/mol. The molecule has 2 aliphatic heterocycles.